The summed E-state index contributed by atoms with van der Waals surface area (Å²) >= 11 is 0. The van der Waals surface area contributed by atoms with Crippen LogP contribution < -0.4 is 5.32 Å². The molecule has 8 atom stereocenters. The Balaban J connectivity index is 1.17. The van der Waals surface area contributed by atoms with E-state index in [0.717, 1.165) is 48.8 Å². The first-order valence-corrected chi connectivity index (χ1v) is 19.6. The van der Waals surface area contributed by atoms with Crippen molar-refractivity contribution in [2.75, 3.05) is 32.1 Å². The molecule has 53 heavy (non-hydrogen) atoms. The molecule has 3 aromatic rings. The fourth-order valence-electron chi connectivity index (χ4n) is 11.9. The van der Waals surface area contributed by atoms with E-state index in [4.69, 9.17) is 4.74 Å². The van der Waals surface area contributed by atoms with Crippen LogP contribution in [0.15, 0.2) is 109 Å². The number of nitrogens with zero attached hydrogens (tertiary/aromatic N) is 1. The molecule has 9 rings (SSSR count). The number of rotatable bonds is 10. The largest absolute Gasteiger partial charge is 0.393 e. The Morgan fingerprint density at radius 1 is 0.830 bits per heavy atom. The van der Waals surface area contributed by atoms with Crippen LogP contribution >= 0.6 is 0 Å². The minimum atomic E-state index is -1.16. The van der Waals surface area contributed by atoms with Crippen LogP contribution in [0, 0.1) is 33.5 Å². The number of nitrogens with one attached hydrogen (secondary N) is 1. The summed E-state index contributed by atoms with van der Waals surface area (Å²) in [7, 11) is 1.66. The summed E-state index contributed by atoms with van der Waals surface area (Å²) in [6.45, 7) is 5.80. The lowest BCUT2D eigenvalue weighted by Gasteiger charge is -2.71. The number of ketones is 1. The van der Waals surface area contributed by atoms with Crippen LogP contribution in [0.2, 0.25) is 0 Å². The number of urea groups is 1. The lowest BCUT2D eigenvalue weighted by molar-refractivity contribution is -0.174. The molecule has 6 aliphatic carbocycles. The topological polar surface area (TPSA) is 99.1 Å². The van der Waals surface area contributed by atoms with Gasteiger partial charge in [-0.3, -0.25) is 4.79 Å². The molecule has 3 saturated carbocycles. The minimum absolute atomic E-state index is 0.00576. The fourth-order valence-corrected chi connectivity index (χ4v) is 11.9. The summed E-state index contributed by atoms with van der Waals surface area (Å²) in [6, 6.07) is 27.4. The molecule has 6 aliphatic rings. The van der Waals surface area contributed by atoms with E-state index in [0.29, 0.717) is 43.7 Å². The number of aliphatic hydroxyl groups is 2. The van der Waals surface area contributed by atoms with Crippen molar-refractivity contribution in [2.45, 2.75) is 76.9 Å². The third kappa shape index (κ3) is 5.56. The van der Waals surface area contributed by atoms with E-state index in [1.165, 1.54) is 0 Å². The van der Waals surface area contributed by atoms with Crippen LogP contribution in [0.25, 0.3) is 11.1 Å². The monoisotopic (exact) mass is 714 g/mol. The van der Waals surface area contributed by atoms with Crippen LogP contribution in [0.5, 0.6) is 0 Å². The van der Waals surface area contributed by atoms with Crippen LogP contribution in [0.4, 0.5) is 10.5 Å². The molecule has 0 aliphatic heterocycles. The summed E-state index contributed by atoms with van der Waals surface area (Å²) < 4.78 is 5.36. The zero-order valence-electron chi connectivity index (χ0n) is 31.4. The number of ether oxygens (including phenoxy) is 1. The Morgan fingerprint density at radius 3 is 2.19 bits per heavy atom. The van der Waals surface area contributed by atoms with E-state index >= 15 is 4.79 Å². The van der Waals surface area contributed by atoms with E-state index in [2.05, 4.69) is 49.5 Å². The SMILES string of the molecule is COCCCN(CC1(O)CCC2C34C=CC5(C=C3C(=O)c3ccc(-c6ccccc6)cc3)CC(O)CCC5(C)C4CCC21C)C(=O)Nc1ccccc1. The number of carbonyl (C=O) groups excluding carboxylic acids is 2. The van der Waals surface area contributed by atoms with Gasteiger partial charge in [-0.05, 0) is 91.9 Å². The third-order valence-electron chi connectivity index (χ3n) is 14.8. The number of hydrogen-bond acceptors (Lipinski definition) is 5. The second-order valence-corrected chi connectivity index (χ2v) is 17.1. The van der Waals surface area contributed by atoms with Crippen LogP contribution in [-0.4, -0.2) is 65.4 Å². The maximum atomic E-state index is 15.1. The molecule has 8 unspecified atom stereocenters. The molecule has 0 radical (unpaired) electrons. The van der Waals surface area contributed by atoms with Crippen molar-refractivity contribution in [3.63, 3.8) is 0 Å². The highest BCUT2D eigenvalue weighted by Crippen LogP contribution is 2.78. The highest BCUT2D eigenvalue weighted by molar-refractivity contribution is 6.10. The number of benzene rings is 3. The van der Waals surface area contributed by atoms with Crippen molar-refractivity contribution < 1.29 is 24.5 Å². The van der Waals surface area contributed by atoms with Gasteiger partial charge in [0.2, 0.25) is 0 Å². The molecule has 278 valence electrons. The number of Topliss-reactive ketones (excluding diaryl/α,β-unsaturated/α-hetero) is 1. The predicted octanol–water partition coefficient (Wildman–Crippen LogP) is 8.70. The number of anilines is 1. The predicted molar refractivity (Wildman–Crippen MR) is 208 cm³/mol. The third-order valence-corrected chi connectivity index (χ3v) is 14.8. The fraction of sp³-hybridized carbons (Fsp3) is 0.478. The summed E-state index contributed by atoms with van der Waals surface area (Å²) in [6.07, 6.45) is 12.5. The quantitative estimate of drug-likeness (QED) is 0.111. The Labute approximate surface area is 314 Å². The van der Waals surface area contributed by atoms with E-state index in [1.807, 2.05) is 72.8 Å². The van der Waals surface area contributed by atoms with Gasteiger partial charge in [-0.15, -0.1) is 0 Å². The number of methoxy groups -OCH3 is 1. The molecular formula is C46H54N2O5. The molecule has 0 saturated heterocycles. The second-order valence-electron chi connectivity index (χ2n) is 17.1. The summed E-state index contributed by atoms with van der Waals surface area (Å²) in [5, 5.41) is 27.1. The molecule has 2 amide bonds. The zero-order chi connectivity index (χ0) is 37.1. The lowest BCUT2D eigenvalue weighted by Crippen LogP contribution is -2.67. The normalized spacial score (nSPS) is 35.1. The van der Waals surface area contributed by atoms with Crippen molar-refractivity contribution >= 4 is 17.5 Å². The Hall–Kier alpha value is -4.04. The first-order valence-electron chi connectivity index (χ1n) is 19.6. The second kappa shape index (κ2) is 13.4. The number of allylic oxidation sites excluding steroid dienone is 4. The van der Waals surface area contributed by atoms with Gasteiger partial charge in [-0.25, -0.2) is 4.79 Å². The van der Waals surface area contributed by atoms with Gasteiger partial charge in [0.05, 0.1) is 18.2 Å². The van der Waals surface area contributed by atoms with E-state index in [9.17, 15) is 15.0 Å². The van der Waals surface area contributed by atoms with E-state index in [1.54, 1.807) is 12.0 Å². The first-order chi connectivity index (χ1) is 25.5. The number of carbonyl (C=O) groups is 2. The van der Waals surface area contributed by atoms with Crippen molar-refractivity contribution in [1.82, 2.24) is 4.90 Å². The minimum Gasteiger partial charge on any atom is -0.393 e. The number of amides is 2. The van der Waals surface area contributed by atoms with Gasteiger partial charge in [0.1, 0.15) is 0 Å². The molecular weight excluding hydrogens is 661 g/mol. The highest BCUT2D eigenvalue weighted by Gasteiger charge is 2.74. The molecule has 2 bridgehead atoms. The first kappa shape index (κ1) is 36.0. The standard InChI is InChI=1S/C46H54N2O5/c1-42-22-19-36(49)29-44(42)25-26-46(37(30-44)40(50)34-17-15-33(16-18-34)32-11-6-4-7-12-32)38(42)20-23-43(2)39(46)21-24-45(43,52)31-48(27-10-28-53-3)41(51)47-35-13-8-5-9-14-35/h4-9,11-18,25-26,30,36,38-39,49,52H,10,19-24,27-29,31H2,1-3H3,(H,47,51). The number of fused-ring (bicyclic) bond motifs is 1. The van der Waals surface area contributed by atoms with Gasteiger partial charge >= 0.3 is 6.03 Å². The van der Waals surface area contributed by atoms with Crippen molar-refractivity contribution in [3.8, 4) is 11.1 Å². The van der Waals surface area contributed by atoms with E-state index in [-0.39, 0.29) is 35.6 Å². The molecule has 0 heterocycles. The highest BCUT2D eigenvalue weighted by atomic mass is 16.5. The summed E-state index contributed by atoms with van der Waals surface area (Å²) in [4.78, 5) is 30.7. The van der Waals surface area contributed by atoms with Gasteiger partial charge in [0, 0.05) is 53.3 Å². The maximum absolute atomic E-state index is 15.1. The van der Waals surface area contributed by atoms with E-state index < -0.39 is 27.9 Å². The van der Waals surface area contributed by atoms with Crippen molar-refractivity contribution in [3.05, 3.63) is 114 Å². The Morgan fingerprint density at radius 2 is 1.47 bits per heavy atom. The smallest absolute Gasteiger partial charge is 0.321 e. The average molecular weight is 715 g/mol. The number of hydrogen-bond donors (Lipinski definition) is 3. The molecule has 2 spiro atoms. The van der Waals surface area contributed by atoms with Crippen molar-refractivity contribution in [1.29, 1.82) is 0 Å². The van der Waals surface area contributed by atoms with Gasteiger partial charge in [-0.2, -0.15) is 0 Å². The van der Waals surface area contributed by atoms with Crippen molar-refractivity contribution in [2.24, 2.45) is 33.5 Å². The average Bonchev–Trinajstić information content (AvgIpc) is 3.44. The Kier molecular flexibility index (Phi) is 9.07. The van der Waals surface area contributed by atoms with Crippen LogP contribution in [-0.2, 0) is 4.74 Å². The molecule has 3 N–H and O–H groups in total. The van der Waals surface area contributed by atoms with Crippen LogP contribution in [0.3, 0.4) is 0 Å². The molecule has 3 fully saturated rings. The summed E-state index contributed by atoms with van der Waals surface area (Å²) in [5.74, 6) is 0.233. The molecule has 0 aromatic heterocycles. The zero-order valence-corrected chi connectivity index (χ0v) is 31.4. The molecule has 3 aromatic carbocycles. The lowest BCUT2D eigenvalue weighted by atomic mass is 9.32. The number of para-hydroxylation sites is 1. The number of aliphatic hydroxyl groups excluding tert-OH is 1. The van der Waals surface area contributed by atoms with Gasteiger partial charge in [0.25, 0.3) is 0 Å². The van der Waals surface area contributed by atoms with Crippen LogP contribution in [0.1, 0.15) is 75.6 Å². The maximum Gasteiger partial charge on any atom is 0.321 e. The van der Waals surface area contributed by atoms with Gasteiger partial charge < -0.3 is 25.2 Å². The molecule has 7 nitrogen and oxygen atoms in total. The molecule has 7 heteroatoms. The summed E-state index contributed by atoms with van der Waals surface area (Å²) in [5.41, 5.74) is 1.59. The van der Waals surface area contributed by atoms with Gasteiger partial charge in [0.15, 0.2) is 5.78 Å². The Bertz CT molecular complexity index is 1910. The van der Waals surface area contributed by atoms with Gasteiger partial charge in [-0.1, -0.05) is 105 Å².